The van der Waals surface area contributed by atoms with Gasteiger partial charge in [0.15, 0.2) is 5.13 Å². The molecule has 2 heterocycles. The van der Waals surface area contributed by atoms with Crippen LogP contribution in [0.4, 0.5) is 5.13 Å². The van der Waals surface area contributed by atoms with Crippen molar-refractivity contribution in [3.05, 3.63) is 46.0 Å². The lowest BCUT2D eigenvalue weighted by Gasteiger charge is -2.34. The SMILES string of the molecule is Cc1ccc(C(=O)Nc2nc(CN3C[C@@H](C)O[C@H](C)C3)cs2)cc1C. The molecule has 25 heavy (non-hydrogen) atoms. The van der Waals surface area contributed by atoms with Crippen LogP contribution in [0.3, 0.4) is 0 Å². The van der Waals surface area contributed by atoms with Gasteiger partial charge in [-0.3, -0.25) is 15.0 Å². The number of nitrogens with zero attached hydrogens (tertiary/aromatic N) is 2. The fourth-order valence-corrected chi connectivity index (χ4v) is 3.83. The van der Waals surface area contributed by atoms with Gasteiger partial charge in [0.05, 0.1) is 17.9 Å². The maximum absolute atomic E-state index is 12.4. The second kappa shape index (κ2) is 7.64. The van der Waals surface area contributed by atoms with Crippen LogP contribution in [0.15, 0.2) is 23.6 Å². The van der Waals surface area contributed by atoms with E-state index in [1.54, 1.807) is 0 Å². The van der Waals surface area contributed by atoms with Crippen molar-refractivity contribution in [2.45, 2.75) is 46.4 Å². The van der Waals surface area contributed by atoms with Crippen LogP contribution < -0.4 is 5.32 Å². The Kier molecular flexibility index (Phi) is 5.51. The van der Waals surface area contributed by atoms with E-state index in [0.29, 0.717) is 10.7 Å². The van der Waals surface area contributed by atoms with Gasteiger partial charge in [-0.15, -0.1) is 11.3 Å². The Morgan fingerprint density at radius 1 is 1.28 bits per heavy atom. The van der Waals surface area contributed by atoms with Crippen LogP contribution in [0.1, 0.15) is 41.0 Å². The highest BCUT2D eigenvalue weighted by atomic mass is 32.1. The third kappa shape index (κ3) is 4.66. The summed E-state index contributed by atoms with van der Waals surface area (Å²) in [6, 6.07) is 5.73. The van der Waals surface area contributed by atoms with E-state index in [1.807, 2.05) is 37.4 Å². The van der Waals surface area contributed by atoms with Crippen molar-refractivity contribution < 1.29 is 9.53 Å². The van der Waals surface area contributed by atoms with E-state index >= 15 is 0 Å². The molecule has 1 aromatic heterocycles. The smallest absolute Gasteiger partial charge is 0.257 e. The summed E-state index contributed by atoms with van der Waals surface area (Å²) in [6.07, 6.45) is 0.484. The van der Waals surface area contributed by atoms with E-state index in [2.05, 4.69) is 29.0 Å². The van der Waals surface area contributed by atoms with Gasteiger partial charge in [0.25, 0.3) is 5.91 Å². The van der Waals surface area contributed by atoms with Gasteiger partial charge >= 0.3 is 0 Å². The minimum Gasteiger partial charge on any atom is -0.373 e. The molecule has 0 aliphatic carbocycles. The molecule has 1 saturated heterocycles. The maximum atomic E-state index is 12.4. The van der Waals surface area contributed by atoms with Crippen molar-refractivity contribution in [2.75, 3.05) is 18.4 Å². The number of carbonyl (C=O) groups is 1. The normalized spacial score (nSPS) is 21.3. The van der Waals surface area contributed by atoms with Gasteiger partial charge in [0.1, 0.15) is 0 Å². The second-order valence-electron chi connectivity index (χ2n) is 6.85. The Labute approximate surface area is 153 Å². The molecule has 0 spiro atoms. The van der Waals surface area contributed by atoms with Crippen molar-refractivity contribution in [1.29, 1.82) is 0 Å². The molecule has 1 aliphatic rings. The first-order valence-electron chi connectivity index (χ1n) is 8.61. The number of nitrogens with one attached hydrogen (secondary N) is 1. The molecular formula is C19H25N3O2S. The number of benzene rings is 1. The number of hydrogen-bond donors (Lipinski definition) is 1. The molecule has 2 atom stereocenters. The van der Waals surface area contributed by atoms with Gasteiger partial charge < -0.3 is 4.74 Å². The number of rotatable bonds is 4. The Hall–Kier alpha value is -1.76. The molecule has 1 N–H and O–H groups in total. The zero-order chi connectivity index (χ0) is 18.0. The molecule has 2 aromatic rings. The van der Waals surface area contributed by atoms with Crippen molar-refractivity contribution in [2.24, 2.45) is 0 Å². The quantitative estimate of drug-likeness (QED) is 0.906. The molecule has 5 nitrogen and oxygen atoms in total. The summed E-state index contributed by atoms with van der Waals surface area (Å²) >= 11 is 1.47. The van der Waals surface area contributed by atoms with Gasteiger partial charge in [-0.1, -0.05) is 6.07 Å². The topological polar surface area (TPSA) is 54.5 Å². The summed E-state index contributed by atoms with van der Waals surface area (Å²) in [5.74, 6) is -0.113. The van der Waals surface area contributed by atoms with Gasteiger partial charge in [0.2, 0.25) is 0 Å². The van der Waals surface area contributed by atoms with Crippen molar-refractivity contribution >= 4 is 22.4 Å². The number of aryl methyl sites for hydroxylation is 2. The molecule has 3 rings (SSSR count). The predicted octanol–water partition coefficient (Wildman–Crippen LogP) is 3.62. The summed E-state index contributed by atoms with van der Waals surface area (Å²) in [7, 11) is 0. The Bertz CT molecular complexity index is 749. The Balaban J connectivity index is 1.61. The van der Waals surface area contributed by atoms with Crippen molar-refractivity contribution in [3.63, 3.8) is 0 Å². The molecule has 0 unspecified atom stereocenters. The van der Waals surface area contributed by atoms with E-state index in [0.717, 1.165) is 30.9 Å². The lowest BCUT2D eigenvalue weighted by Crippen LogP contribution is -2.44. The number of amides is 1. The highest BCUT2D eigenvalue weighted by Crippen LogP contribution is 2.20. The molecule has 6 heteroatoms. The summed E-state index contributed by atoms with van der Waals surface area (Å²) in [5, 5.41) is 5.57. The molecule has 0 saturated carbocycles. The molecule has 1 amide bonds. The Morgan fingerprint density at radius 2 is 2.00 bits per heavy atom. The number of morpholine rings is 1. The molecule has 0 radical (unpaired) electrons. The van der Waals surface area contributed by atoms with Gasteiger partial charge in [0, 0.05) is 30.6 Å². The molecule has 134 valence electrons. The summed E-state index contributed by atoms with van der Waals surface area (Å²) in [6.45, 7) is 10.8. The van der Waals surface area contributed by atoms with Crippen LogP contribution in [0.5, 0.6) is 0 Å². The molecule has 1 fully saturated rings. The fourth-order valence-electron chi connectivity index (χ4n) is 3.13. The van der Waals surface area contributed by atoms with Gasteiger partial charge in [-0.2, -0.15) is 0 Å². The van der Waals surface area contributed by atoms with E-state index < -0.39 is 0 Å². The molecule has 0 bridgehead atoms. The summed E-state index contributed by atoms with van der Waals surface area (Å²) in [4.78, 5) is 19.3. The van der Waals surface area contributed by atoms with Crippen LogP contribution >= 0.6 is 11.3 Å². The largest absolute Gasteiger partial charge is 0.373 e. The zero-order valence-electron chi connectivity index (χ0n) is 15.2. The third-order valence-corrected chi connectivity index (χ3v) is 5.23. The standard InChI is InChI=1S/C19H25N3O2S/c1-12-5-6-16(7-13(12)2)18(23)21-19-20-17(11-25-19)10-22-8-14(3)24-15(4)9-22/h5-7,11,14-15H,8-10H2,1-4H3,(H,20,21,23)/t14-,15-/m1/s1. The van der Waals surface area contributed by atoms with Crippen LogP contribution in [0.2, 0.25) is 0 Å². The number of hydrogen-bond acceptors (Lipinski definition) is 5. The highest BCUT2D eigenvalue weighted by molar-refractivity contribution is 7.13. The van der Waals surface area contributed by atoms with Crippen LogP contribution in [0, 0.1) is 13.8 Å². The van der Waals surface area contributed by atoms with Crippen LogP contribution in [-0.4, -0.2) is 41.1 Å². The highest BCUT2D eigenvalue weighted by Gasteiger charge is 2.22. The van der Waals surface area contributed by atoms with Crippen LogP contribution in [0.25, 0.3) is 0 Å². The van der Waals surface area contributed by atoms with Gasteiger partial charge in [-0.25, -0.2) is 4.98 Å². The average molecular weight is 359 g/mol. The van der Waals surface area contributed by atoms with E-state index in [-0.39, 0.29) is 18.1 Å². The first-order chi connectivity index (χ1) is 11.9. The van der Waals surface area contributed by atoms with E-state index in [4.69, 9.17) is 4.74 Å². The fraction of sp³-hybridized carbons (Fsp3) is 0.474. The van der Waals surface area contributed by atoms with E-state index in [9.17, 15) is 4.79 Å². The molecule has 1 aliphatic heterocycles. The summed E-state index contributed by atoms with van der Waals surface area (Å²) < 4.78 is 5.76. The monoisotopic (exact) mass is 359 g/mol. The lowest BCUT2D eigenvalue weighted by molar-refractivity contribution is -0.0707. The van der Waals surface area contributed by atoms with Gasteiger partial charge in [-0.05, 0) is 51.0 Å². The second-order valence-corrected chi connectivity index (χ2v) is 7.71. The minimum absolute atomic E-state index is 0.113. The average Bonchev–Trinajstić information content (AvgIpc) is 2.95. The zero-order valence-corrected chi connectivity index (χ0v) is 16.0. The summed E-state index contributed by atoms with van der Waals surface area (Å²) in [5.41, 5.74) is 3.95. The lowest BCUT2D eigenvalue weighted by atomic mass is 10.1. The number of aromatic nitrogens is 1. The maximum Gasteiger partial charge on any atom is 0.257 e. The van der Waals surface area contributed by atoms with Crippen molar-refractivity contribution in [3.8, 4) is 0 Å². The number of anilines is 1. The Morgan fingerprint density at radius 3 is 2.68 bits per heavy atom. The number of ether oxygens (including phenoxy) is 1. The first kappa shape index (κ1) is 18.0. The molecular weight excluding hydrogens is 334 g/mol. The first-order valence-corrected chi connectivity index (χ1v) is 9.49. The number of thiazole rings is 1. The van der Waals surface area contributed by atoms with Crippen LogP contribution in [-0.2, 0) is 11.3 Å². The van der Waals surface area contributed by atoms with Crippen molar-refractivity contribution in [1.82, 2.24) is 9.88 Å². The molecule has 1 aromatic carbocycles. The van der Waals surface area contributed by atoms with E-state index in [1.165, 1.54) is 16.9 Å². The minimum atomic E-state index is -0.113. The number of carbonyl (C=O) groups excluding carboxylic acids is 1. The predicted molar refractivity (Wildman–Crippen MR) is 101 cm³/mol. The third-order valence-electron chi connectivity index (χ3n) is 4.42.